The lowest BCUT2D eigenvalue weighted by molar-refractivity contribution is -0.385. The molecule has 0 heterocycles. The highest BCUT2D eigenvalue weighted by Crippen LogP contribution is 2.35. The number of nitro groups is 1. The van der Waals surface area contributed by atoms with Gasteiger partial charge in [-0.3, -0.25) is 10.1 Å². The molecule has 0 amide bonds. The summed E-state index contributed by atoms with van der Waals surface area (Å²) in [7, 11) is 4.98. The van der Waals surface area contributed by atoms with Crippen molar-refractivity contribution in [1.82, 2.24) is 5.32 Å². The number of ether oxygens (including phenoxy) is 2. The van der Waals surface area contributed by atoms with E-state index in [4.69, 9.17) is 9.47 Å². The van der Waals surface area contributed by atoms with Gasteiger partial charge in [-0.2, -0.15) is 0 Å². The Labute approximate surface area is 208 Å². The zero-order chi connectivity index (χ0) is 25.0. The molecule has 0 aliphatic carbocycles. The molecule has 34 heavy (non-hydrogen) atoms. The molecule has 0 aliphatic rings. The standard InChI is InChI=1S/C28H50N2O4/c1-5-6-7-8-9-10-11-12-13-14-15-16-17-18-19-20-25(29-2)21-24-22-27(33-3)28(34-4)23-26(24)30(31)32/h22-23,25,29H,5-21H2,1-4H3. The van der Waals surface area contributed by atoms with Crippen LogP contribution in [0.3, 0.4) is 0 Å². The van der Waals surface area contributed by atoms with Gasteiger partial charge in [0, 0.05) is 11.6 Å². The summed E-state index contributed by atoms with van der Waals surface area (Å²) in [5, 5.41) is 14.9. The van der Waals surface area contributed by atoms with Crippen molar-refractivity contribution in [3.8, 4) is 11.5 Å². The highest BCUT2D eigenvalue weighted by molar-refractivity contribution is 5.54. The Kier molecular flexibility index (Phi) is 17.3. The molecule has 1 aromatic carbocycles. The van der Waals surface area contributed by atoms with Crippen molar-refractivity contribution in [2.24, 2.45) is 0 Å². The van der Waals surface area contributed by atoms with Gasteiger partial charge in [0.05, 0.1) is 25.2 Å². The van der Waals surface area contributed by atoms with Crippen LogP contribution in [0.5, 0.6) is 11.5 Å². The molecule has 0 spiro atoms. The first-order valence-electron chi connectivity index (χ1n) is 13.6. The minimum absolute atomic E-state index is 0.0920. The topological polar surface area (TPSA) is 73.6 Å². The highest BCUT2D eigenvalue weighted by Gasteiger charge is 2.21. The van der Waals surface area contributed by atoms with Crippen LogP contribution in [0.25, 0.3) is 0 Å². The van der Waals surface area contributed by atoms with Crippen LogP contribution in [0, 0.1) is 10.1 Å². The molecule has 0 saturated heterocycles. The van der Waals surface area contributed by atoms with E-state index in [1.807, 2.05) is 7.05 Å². The van der Waals surface area contributed by atoms with Crippen LogP contribution < -0.4 is 14.8 Å². The Bertz CT molecular complexity index is 666. The maximum atomic E-state index is 11.6. The van der Waals surface area contributed by atoms with Gasteiger partial charge in [0.1, 0.15) is 0 Å². The fraction of sp³-hybridized carbons (Fsp3) is 0.786. The fourth-order valence-corrected chi connectivity index (χ4v) is 4.62. The molecule has 0 fully saturated rings. The Balaban J connectivity index is 2.20. The first-order valence-corrected chi connectivity index (χ1v) is 13.6. The third-order valence-electron chi connectivity index (χ3n) is 6.81. The van der Waals surface area contributed by atoms with Gasteiger partial charge in [-0.15, -0.1) is 0 Å². The van der Waals surface area contributed by atoms with E-state index in [1.165, 1.54) is 103 Å². The highest BCUT2D eigenvalue weighted by atomic mass is 16.6. The third-order valence-corrected chi connectivity index (χ3v) is 6.81. The van der Waals surface area contributed by atoms with Gasteiger partial charge in [0.25, 0.3) is 5.69 Å². The van der Waals surface area contributed by atoms with Gasteiger partial charge in [-0.25, -0.2) is 0 Å². The monoisotopic (exact) mass is 478 g/mol. The van der Waals surface area contributed by atoms with E-state index >= 15 is 0 Å². The average molecular weight is 479 g/mol. The summed E-state index contributed by atoms with van der Waals surface area (Å²) in [4.78, 5) is 11.2. The van der Waals surface area contributed by atoms with Crippen LogP contribution in [0.4, 0.5) is 5.69 Å². The molecule has 0 saturated carbocycles. The lowest BCUT2D eigenvalue weighted by atomic mass is 9.98. The number of nitrogens with one attached hydrogen (secondary N) is 1. The van der Waals surface area contributed by atoms with Gasteiger partial charge in [-0.05, 0) is 26.0 Å². The molecular formula is C28H50N2O4. The van der Waals surface area contributed by atoms with Crippen LogP contribution in [0.15, 0.2) is 12.1 Å². The quantitative estimate of drug-likeness (QED) is 0.104. The van der Waals surface area contributed by atoms with Gasteiger partial charge in [0.2, 0.25) is 0 Å². The van der Waals surface area contributed by atoms with Crippen molar-refractivity contribution in [3.05, 3.63) is 27.8 Å². The molecule has 1 aromatic rings. The van der Waals surface area contributed by atoms with Gasteiger partial charge in [-0.1, -0.05) is 103 Å². The number of nitrogens with zero attached hydrogens (tertiary/aromatic N) is 1. The molecule has 1 N–H and O–H groups in total. The normalized spacial score (nSPS) is 12.0. The summed E-state index contributed by atoms with van der Waals surface area (Å²) < 4.78 is 10.6. The van der Waals surface area contributed by atoms with E-state index < -0.39 is 0 Å². The molecule has 0 aromatic heterocycles. The molecule has 1 unspecified atom stereocenters. The number of unbranched alkanes of at least 4 members (excludes halogenated alkanes) is 14. The average Bonchev–Trinajstić information content (AvgIpc) is 2.84. The number of benzene rings is 1. The Morgan fingerprint density at radius 1 is 0.794 bits per heavy atom. The van der Waals surface area contributed by atoms with Crippen molar-refractivity contribution >= 4 is 5.69 Å². The predicted molar refractivity (Wildman–Crippen MR) is 142 cm³/mol. The van der Waals surface area contributed by atoms with Gasteiger partial charge < -0.3 is 14.8 Å². The fourth-order valence-electron chi connectivity index (χ4n) is 4.62. The molecule has 0 aliphatic heterocycles. The second kappa shape index (κ2) is 19.5. The molecule has 1 rings (SSSR count). The van der Waals surface area contributed by atoms with E-state index in [9.17, 15) is 10.1 Å². The van der Waals surface area contributed by atoms with Crippen molar-refractivity contribution in [1.29, 1.82) is 0 Å². The van der Waals surface area contributed by atoms with E-state index in [0.29, 0.717) is 23.5 Å². The van der Waals surface area contributed by atoms with Crippen molar-refractivity contribution in [2.75, 3.05) is 21.3 Å². The maximum Gasteiger partial charge on any atom is 0.276 e. The van der Waals surface area contributed by atoms with Crippen molar-refractivity contribution < 1.29 is 14.4 Å². The van der Waals surface area contributed by atoms with Gasteiger partial charge in [0.15, 0.2) is 11.5 Å². The van der Waals surface area contributed by atoms with E-state index in [-0.39, 0.29) is 16.7 Å². The number of likely N-dealkylation sites (N-methyl/N-ethyl adjacent to an activating group) is 1. The number of rotatable bonds is 22. The largest absolute Gasteiger partial charge is 0.493 e. The SMILES string of the molecule is CCCCCCCCCCCCCCCCCC(Cc1cc(OC)c(OC)cc1[N+](=O)[O-])NC. The van der Waals surface area contributed by atoms with E-state index in [0.717, 1.165) is 12.8 Å². The number of methoxy groups -OCH3 is 2. The van der Waals surface area contributed by atoms with Crippen LogP contribution in [-0.2, 0) is 6.42 Å². The Morgan fingerprint density at radius 2 is 1.24 bits per heavy atom. The first-order chi connectivity index (χ1) is 16.6. The zero-order valence-electron chi connectivity index (χ0n) is 22.3. The molecule has 0 bridgehead atoms. The molecular weight excluding hydrogens is 428 g/mol. The molecule has 6 nitrogen and oxygen atoms in total. The Morgan fingerprint density at radius 3 is 1.65 bits per heavy atom. The van der Waals surface area contributed by atoms with Crippen molar-refractivity contribution in [2.45, 2.75) is 122 Å². The van der Waals surface area contributed by atoms with Crippen LogP contribution >= 0.6 is 0 Å². The second-order valence-electron chi connectivity index (χ2n) is 9.52. The molecule has 196 valence electrons. The number of hydrogen-bond acceptors (Lipinski definition) is 5. The lowest BCUT2D eigenvalue weighted by Gasteiger charge is -2.17. The second-order valence-corrected chi connectivity index (χ2v) is 9.52. The smallest absolute Gasteiger partial charge is 0.276 e. The van der Waals surface area contributed by atoms with E-state index in [2.05, 4.69) is 12.2 Å². The molecule has 6 heteroatoms. The van der Waals surface area contributed by atoms with Crippen LogP contribution in [0.1, 0.15) is 115 Å². The minimum atomic E-state index is -0.336. The molecule has 0 radical (unpaired) electrons. The summed E-state index contributed by atoms with van der Waals surface area (Å²) in [6, 6.07) is 3.42. The van der Waals surface area contributed by atoms with Gasteiger partial charge >= 0.3 is 0 Å². The van der Waals surface area contributed by atoms with Crippen LogP contribution in [0.2, 0.25) is 0 Å². The van der Waals surface area contributed by atoms with Crippen LogP contribution in [-0.4, -0.2) is 32.2 Å². The molecule has 1 atom stereocenters. The summed E-state index contributed by atoms with van der Waals surface area (Å²) in [6.07, 6.45) is 21.9. The zero-order valence-corrected chi connectivity index (χ0v) is 22.3. The summed E-state index contributed by atoms with van der Waals surface area (Å²) >= 11 is 0. The number of nitro benzene ring substituents is 1. The first kappa shape index (κ1) is 30.2. The minimum Gasteiger partial charge on any atom is -0.493 e. The maximum absolute atomic E-state index is 11.6. The summed E-state index contributed by atoms with van der Waals surface area (Å²) in [5.74, 6) is 0.922. The summed E-state index contributed by atoms with van der Waals surface area (Å²) in [5.41, 5.74) is 0.775. The Hall–Kier alpha value is -1.82. The third kappa shape index (κ3) is 12.6. The summed E-state index contributed by atoms with van der Waals surface area (Å²) in [6.45, 7) is 2.27. The van der Waals surface area contributed by atoms with Crippen molar-refractivity contribution in [3.63, 3.8) is 0 Å². The lowest BCUT2D eigenvalue weighted by Crippen LogP contribution is -2.27. The van der Waals surface area contributed by atoms with E-state index in [1.54, 1.807) is 13.2 Å². The number of hydrogen-bond donors (Lipinski definition) is 1. The predicted octanol–water partition coefficient (Wildman–Crippen LogP) is 8.00.